The second kappa shape index (κ2) is 4.07. The zero-order chi connectivity index (χ0) is 9.07. The Morgan fingerprint density at radius 2 is 1.82 bits per heavy atom. The molecule has 0 radical (unpaired) electrons. The number of hydrogen-bond donors (Lipinski definition) is 1. The Morgan fingerprint density at radius 3 is 1.91 bits per heavy atom. The van der Waals surface area contributed by atoms with Crippen LogP contribution < -0.4 is 5.73 Å². The van der Waals surface area contributed by atoms with E-state index in [0.717, 1.165) is 6.42 Å². The predicted octanol–water partition coefficient (Wildman–Crippen LogP) is 1.78. The summed E-state index contributed by atoms with van der Waals surface area (Å²) >= 11 is 0. The van der Waals surface area contributed by atoms with E-state index < -0.39 is 0 Å². The highest BCUT2D eigenvalue weighted by atomic mass is 16.5. The van der Waals surface area contributed by atoms with E-state index >= 15 is 0 Å². The lowest BCUT2D eigenvalue weighted by molar-refractivity contribution is 0.0424. The van der Waals surface area contributed by atoms with Gasteiger partial charge in [-0.25, -0.2) is 0 Å². The van der Waals surface area contributed by atoms with E-state index in [9.17, 15) is 0 Å². The average molecular weight is 159 g/mol. The minimum atomic E-state index is 0.123. The second-order valence-corrected chi connectivity index (χ2v) is 4.07. The van der Waals surface area contributed by atoms with Crippen LogP contribution in [0.2, 0.25) is 0 Å². The van der Waals surface area contributed by atoms with Gasteiger partial charge in [0.1, 0.15) is 0 Å². The maximum absolute atomic E-state index is 5.99. The standard InChI is InChI=1S/C9H21NO/c1-6-7(11-5)8(10)9(2,3)4/h7-8H,6,10H2,1-5H3. The van der Waals surface area contributed by atoms with Gasteiger partial charge in [-0.05, 0) is 11.8 Å². The van der Waals surface area contributed by atoms with Crippen LogP contribution in [0.5, 0.6) is 0 Å². The van der Waals surface area contributed by atoms with Crippen LogP contribution in [0.15, 0.2) is 0 Å². The predicted molar refractivity (Wildman–Crippen MR) is 48.5 cm³/mol. The number of methoxy groups -OCH3 is 1. The minimum absolute atomic E-state index is 0.123. The van der Waals surface area contributed by atoms with Crippen molar-refractivity contribution < 1.29 is 4.74 Å². The van der Waals surface area contributed by atoms with Crippen molar-refractivity contribution in [3.63, 3.8) is 0 Å². The van der Waals surface area contributed by atoms with E-state index in [2.05, 4.69) is 27.7 Å². The number of ether oxygens (including phenoxy) is 1. The molecule has 0 heterocycles. The first-order valence-electron chi connectivity index (χ1n) is 4.21. The van der Waals surface area contributed by atoms with Crippen LogP contribution in [-0.2, 0) is 4.74 Å². The first-order chi connectivity index (χ1) is 4.93. The van der Waals surface area contributed by atoms with Gasteiger partial charge in [0.05, 0.1) is 6.10 Å². The van der Waals surface area contributed by atoms with Gasteiger partial charge in [-0.3, -0.25) is 0 Å². The third-order valence-corrected chi connectivity index (χ3v) is 2.11. The molecule has 0 amide bonds. The van der Waals surface area contributed by atoms with Crippen LogP contribution in [0.3, 0.4) is 0 Å². The largest absolute Gasteiger partial charge is 0.380 e. The summed E-state index contributed by atoms with van der Waals surface area (Å²) < 4.78 is 5.26. The van der Waals surface area contributed by atoms with Crippen LogP contribution in [0, 0.1) is 5.41 Å². The molecule has 2 atom stereocenters. The highest BCUT2D eigenvalue weighted by molar-refractivity contribution is 4.83. The first-order valence-corrected chi connectivity index (χ1v) is 4.21. The van der Waals surface area contributed by atoms with Gasteiger partial charge in [-0.15, -0.1) is 0 Å². The third-order valence-electron chi connectivity index (χ3n) is 2.11. The molecule has 2 N–H and O–H groups in total. The van der Waals surface area contributed by atoms with Crippen molar-refractivity contribution in [2.45, 2.75) is 46.3 Å². The quantitative estimate of drug-likeness (QED) is 0.681. The van der Waals surface area contributed by atoms with Crippen LogP contribution in [0.1, 0.15) is 34.1 Å². The summed E-state index contributed by atoms with van der Waals surface area (Å²) in [5, 5.41) is 0. The first kappa shape index (κ1) is 10.9. The van der Waals surface area contributed by atoms with E-state index in [0.29, 0.717) is 0 Å². The van der Waals surface area contributed by atoms with Gasteiger partial charge in [0.25, 0.3) is 0 Å². The lowest BCUT2D eigenvalue weighted by Gasteiger charge is -2.32. The third kappa shape index (κ3) is 3.21. The summed E-state index contributed by atoms with van der Waals surface area (Å²) in [6.07, 6.45) is 1.17. The Bertz CT molecular complexity index is 103. The Kier molecular flexibility index (Phi) is 4.04. The molecule has 68 valence electrons. The Balaban J connectivity index is 4.09. The van der Waals surface area contributed by atoms with E-state index in [1.807, 2.05) is 0 Å². The molecule has 0 bridgehead atoms. The fourth-order valence-corrected chi connectivity index (χ4v) is 1.12. The molecule has 11 heavy (non-hydrogen) atoms. The number of rotatable bonds is 3. The van der Waals surface area contributed by atoms with Gasteiger partial charge in [-0.2, -0.15) is 0 Å². The fourth-order valence-electron chi connectivity index (χ4n) is 1.12. The van der Waals surface area contributed by atoms with E-state index in [4.69, 9.17) is 10.5 Å². The van der Waals surface area contributed by atoms with E-state index in [1.165, 1.54) is 0 Å². The Morgan fingerprint density at radius 1 is 1.36 bits per heavy atom. The molecule has 0 aromatic heterocycles. The molecular formula is C9H21NO. The summed E-state index contributed by atoms with van der Waals surface area (Å²) in [5.74, 6) is 0. The van der Waals surface area contributed by atoms with E-state index in [1.54, 1.807) is 7.11 Å². The van der Waals surface area contributed by atoms with Gasteiger partial charge in [0, 0.05) is 13.2 Å². The fraction of sp³-hybridized carbons (Fsp3) is 1.00. The van der Waals surface area contributed by atoms with Crippen molar-refractivity contribution >= 4 is 0 Å². The number of hydrogen-bond acceptors (Lipinski definition) is 2. The van der Waals surface area contributed by atoms with Crippen molar-refractivity contribution in [3.05, 3.63) is 0 Å². The number of nitrogens with two attached hydrogens (primary N) is 1. The molecule has 0 saturated heterocycles. The monoisotopic (exact) mass is 159 g/mol. The highest BCUT2D eigenvalue weighted by Gasteiger charge is 2.27. The molecule has 0 rings (SSSR count). The normalized spacial score (nSPS) is 18.0. The van der Waals surface area contributed by atoms with Gasteiger partial charge in [-0.1, -0.05) is 27.7 Å². The van der Waals surface area contributed by atoms with Gasteiger partial charge in [0.15, 0.2) is 0 Å². The molecule has 0 aromatic rings. The molecule has 0 aromatic carbocycles. The highest BCUT2D eigenvalue weighted by Crippen LogP contribution is 2.22. The molecular weight excluding hydrogens is 138 g/mol. The lowest BCUT2D eigenvalue weighted by atomic mass is 9.83. The average Bonchev–Trinajstić information content (AvgIpc) is 1.88. The zero-order valence-corrected chi connectivity index (χ0v) is 8.35. The molecule has 2 heteroatoms. The zero-order valence-electron chi connectivity index (χ0n) is 8.35. The molecule has 0 aliphatic heterocycles. The van der Waals surface area contributed by atoms with Crippen LogP contribution >= 0.6 is 0 Å². The summed E-state index contributed by atoms with van der Waals surface area (Å²) in [6.45, 7) is 8.51. The maximum Gasteiger partial charge on any atom is 0.0724 e. The molecule has 0 saturated carbocycles. The van der Waals surface area contributed by atoms with Crippen LogP contribution in [-0.4, -0.2) is 19.3 Å². The molecule has 0 aliphatic rings. The SMILES string of the molecule is CCC(OC)C(N)C(C)(C)C. The molecule has 0 fully saturated rings. The van der Waals surface area contributed by atoms with Crippen LogP contribution in [0.25, 0.3) is 0 Å². The summed E-state index contributed by atoms with van der Waals surface area (Å²) in [5.41, 5.74) is 6.13. The van der Waals surface area contributed by atoms with Crippen LogP contribution in [0.4, 0.5) is 0 Å². The molecule has 2 unspecified atom stereocenters. The Labute approximate surface area is 70.1 Å². The summed E-state index contributed by atoms with van der Waals surface area (Å²) in [6, 6.07) is 0.123. The van der Waals surface area contributed by atoms with Crippen molar-refractivity contribution in [2.75, 3.05) is 7.11 Å². The van der Waals surface area contributed by atoms with Crippen molar-refractivity contribution in [1.82, 2.24) is 0 Å². The van der Waals surface area contributed by atoms with Gasteiger partial charge in [0.2, 0.25) is 0 Å². The molecule has 0 spiro atoms. The lowest BCUT2D eigenvalue weighted by Crippen LogP contribution is -2.45. The summed E-state index contributed by atoms with van der Waals surface area (Å²) in [4.78, 5) is 0. The Hall–Kier alpha value is -0.0800. The topological polar surface area (TPSA) is 35.2 Å². The van der Waals surface area contributed by atoms with Gasteiger partial charge >= 0.3 is 0 Å². The smallest absolute Gasteiger partial charge is 0.0724 e. The van der Waals surface area contributed by atoms with Crippen molar-refractivity contribution in [1.29, 1.82) is 0 Å². The van der Waals surface area contributed by atoms with Crippen molar-refractivity contribution in [2.24, 2.45) is 11.1 Å². The summed E-state index contributed by atoms with van der Waals surface area (Å²) in [7, 11) is 1.72. The van der Waals surface area contributed by atoms with Gasteiger partial charge < -0.3 is 10.5 Å². The second-order valence-electron chi connectivity index (χ2n) is 4.07. The maximum atomic E-state index is 5.99. The molecule has 2 nitrogen and oxygen atoms in total. The molecule has 0 aliphatic carbocycles. The minimum Gasteiger partial charge on any atom is -0.380 e. The van der Waals surface area contributed by atoms with Crippen molar-refractivity contribution in [3.8, 4) is 0 Å². The van der Waals surface area contributed by atoms with E-state index in [-0.39, 0.29) is 17.6 Å².